The lowest BCUT2D eigenvalue weighted by Gasteiger charge is -2.42. The van der Waals surface area contributed by atoms with Crippen LogP contribution in [-0.4, -0.2) is 5.54 Å². The van der Waals surface area contributed by atoms with Crippen molar-refractivity contribution < 1.29 is 4.42 Å². The molecule has 0 amide bonds. The first-order chi connectivity index (χ1) is 6.74. The monoisotopic (exact) mass is 193 g/mol. The Morgan fingerprint density at radius 1 is 1.43 bits per heavy atom. The molecule has 2 heteroatoms. The van der Waals surface area contributed by atoms with Crippen molar-refractivity contribution in [3.05, 3.63) is 23.7 Å². The Balaban J connectivity index is 1.87. The van der Waals surface area contributed by atoms with Crippen molar-refractivity contribution in [1.82, 2.24) is 5.32 Å². The van der Waals surface area contributed by atoms with E-state index in [0.29, 0.717) is 5.54 Å². The standard InChI is InChI=1S/C12H19NO/c1-3-12(7-4-8-12)13-9-11-6-5-10(2)14-11/h5-6,13H,3-4,7-9H2,1-2H3. The predicted octanol–water partition coefficient (Wildman–Crippen LogP) is 3.01. The number of hydrogen-bond donors (Lipinski definition) is 1. The molecule has 1 heterocycles. The number of furan rings is 1. The topological polar surface area (TPSA) is 25.2 Å². The molecule has 2 nitrogen and oxygen atoms in total. The van der Waals surface area contributed by atoms with Crippen LogP contribution in [0.15, 0.2) is 16.5 Å². The van der Waals surface area contributed by atoms with Crippen LogP contribution >= 0.6 is 0 Å². The summed E-state index contributed by atoms with van der Waals surface area (Å²) < 4.78 is 5.53. The third-order valence-electron chi connectivity index (χ3n) is 3.42. The highest BCUT2D eigenvalue weighted by Crippen LogP contribution is 2.34. The fraction of sp³-hybridized carbons (Fsp3) is 0.667. The summed E-state index contributed by atoms with van der Waals surface area (Å²) in [6.45, 7) is 5.13. The normalized spacial score (nSPS) is 19.3. The van der Waals surface area contributed by atoms with Crippen molar-refractivity contribution in [2.24, 2.45) is 0 Å². The highest BCUT2D eigenvalue weighted by molar-refractivity contribution is 5.06. The van der Waals surface area contributed by atoms with Crippen molar-refractivity contribution in [2.45, 2.75) is 51.6 Å². The average molecular weight is 193 g/mol. The Hall–Kier alpha value is -0.760. The van der Waals surface area contributed by atoms with E-state index in [-0.39, 0.29) is 0 Å². The van der Waals surface area contributed by atoms with E-state index >= 15 is 0 Å². The molecule has 0 saturated heterocycles. The van der Waals surface area contributed by atoms with Crippen LogP contribution in [0.5, 0.6) is 0 Å². The van der Waals surface area contributed by atoms with Gasteiger partial charge in [0, 0.05) is 5.54 Å². The first-order valence-corrected chi connectivity index (χ1v) is 5.54. The summed E-state index contributed by atoms with van der Waals surface area (Å²) in [7, 11) is 0. The Morgan fingerprint density at radius 2 is 2.21 bits per heavy atom. The SMILES string of the molecule is CCC1(NCc2ccc(C)o2)CCC1. The summed E-state index contributed by atoms with van der Waals surface area (Å²) in [6, 6.07) is 4.08. The highest BCUT2D eigenvalue weighted by atomic mass is 16.3. The van der Waals surface area contributed by atoms with Crippen LogP contribution in [0.1, 0.15) is 44.1 Å². The second-order valence-corrected chi connectivity index (χ2v) is 4.35. The molecular weight excluding hydrogens is 174 g/mol. The van der Waals surface area contributed by atoms with Crippen molar-refractivity contribution >= 4 is 0 Å². The zero-order valence-electron chi connectivity index (χ0n) is 9.10. The van der Waals surface area contributed by atoms with Gasteiger partial charge >= 0.3 is 0 Å². The lowest BCUT2D eigenvalue weighted by atomic mass is 9.75. The first kappa shape index (κ1) is 9.78. The van der Waals surface area contributed by atoms with E-state index in [2.05, 4.69) is 18.3 Å². The maximum absolute atomic E-state index is 5.53. The summed E-state index contributed by atoms with van der Waals surface area (Å²) in [5.41, 5.74) is 0.417. The molecule has 78 valence electrons. The molecule has 1 aliphatic carbocycles. The second kappa shape index (κ2) is 3.77. The van der Waals surface area contributed by atoms with Crippen molar-refractivity contribution in [1.29, 1.82) is 0 Å². The van der Waals surface area contributed by atoms with E-state index in [0.717, 1.165) is 18.1 Å². The van der Waals surface area contributed by atoms with Gasteiger partial charge in [0.25, 0.3) is 0 Å². The number of rotatable bonds is 4. The maximum Gasteiger partial charge on any atom is 0.117 e. The van der Waals surface area contributed by atoms with Gasteiger partial charge in [0.1, 0.15) is 11.5 Å². The van der Waals surface area contributed by atoms with Crippen molar-refractivity contribution in [2.75, 3.05) is 0 Å². The summed E-state index contributed by atoms with van der Waals surface area (Å²) >= 11 is 0. The molecule has 1 aromatic rings. The first-order valence-electron chi connectivity index (χ1n) is 5.54. The van der Waals surface area contributed by atoms with E-state index in [1.807, 2.05) is 13.0 Å². The molecule has 1 fully saturated rings. The summed E-state index contributed by atoms with van der Waals surface area (Å²) in [4.78, 5) is 0. The summed E-state index contributed by atoms with van der Waals surface area (Å²) in [6.07, 6.45) is 5.25. The minimum atomic E-state index is 0.417. The van der Waals surface area contributed by atoms with E-state index in [1.54, 1.807) is 0 Å². The van der Waals surface area contributed by atoms with Crippen LogP contribution in [0.25, 0.3) is 0 Å². The maximum atomic E-state index is 5.53. The molecule has 1 aliphatic rings. The van der Waals surface area contributed by atoms with Crippen LogP contribution < -0.4 is 5.32 Å². The van der Waals surface area contributed by atoms with Gasteiger partial charge in [0.05, 0.1) is 6.54 Å². The van der Waals surface area contributed by atoms with Gasteiger partial charge in [0.2, 0.25) is 0 Å². The zero-order valence-corrected chi connectivity index (χ0v) is 9.10. The largest absolute Gasteiger partial charge is 0.465 e. The molecule has 1 N–H and O–H groups in total. The molecule has 1 aromatic heterocycles. The number of aryl methyl sites for hydroxylation is 1. The van der Waals surface area contributed by atoms with Gasteiger partial charge in [-0.15, -0.1) is 0 Å². The predicted molar refractivity (Wildman–Crippen MR) is 57.2 cm³/mol. The fourth-order valence-corrected chi connectivity index (χ4v) is 2.11. The molecule has 0 bridgehead atoms. The van der Waals surface area contributed by atoms with Crippen LogP contribution in [0.2, 0.25) is 0 Å². The summed E-state index contributed by atoms with van der Waals surface area (Å²) in [5, 5.41) is 3.62. The van der Waals surface area contributed by atoms with Gasteiger partial charge in [-0.25, -0.2) is 0 Å². The Bertz CT molecular complexity index is 294. The highest BCUT2D eigenvalue weighted by Gasteiger charge is 2.34. The molecular formula is C12H19NO. The fourth-order valence-electron chi connectivity index (χ4n) is 2.11. The van der Waals surface area contributed by atoms with Gasteiger partial charge < -0.3 is 9.73 Å². The lowest BCUT2D eigenvalue weighted by Crippen LogP contribution is -2.49. The van der Waals surface area contributed by atoms with E-state index in [9.17, 15) is 0 Å². The van der Waals surface area contributed by atoms with Crippen molar-refractivity contribution in [3.63, 3.8) is 0 Å². The van der Waals surface area contributed by atoms with Gasteiger partial charge in [0.15, 0.2) is 0 Å². The minimum absolute atomic E-state index is 0.417. The average Bonchev–Trinajstić information content (AvgIpc) is 2.50. The van der Waals surface area contributed by atoms with E-state index in [1.165, 1.54) is 25.7 Å². The Morgan fingerprint density at radius 3 is 2.64 bits per heavy atom. The number of nitrogens with one attached hydrogen (secondary N) is 1. The van der Waals surface area contributed by atoms with Crippen molar-refractivity contribution in [3.8, 4) is 0 Å². The van der Waals surface area contributed by atoms with Crippen LogP contribution in [0.3, 0.4) is 0 Å². The van der Waals surface area contributed by atoms with Crippen LogP contribution in [0, 0.1) is 6.92 Å². The molecule has 0 aromatic carbocycles. The van der Waals surface area contributed by atoms with E-state index < -0.39 is 0 Å². The quantitative estimate of drug-likeness (QED) is 0.795. The van der Waals surface area contributed by atoms with Gasteiger partial charge in [-0.3, -0.25) is 0 Å². The van der Waals surface area contributed by atoms with Gasteiger partial charge in [-0.05, 0) is 44.7 Å². The third-order valence-corrected chi connectivity index (χ3v) is 3.42. The molecule has 0 aliphatic heterocycles. The number of hydrogen-bond acceptors (Lipinski definition) is 2. The molecule has 0 unspecified atom stereocenters. The third kappa shape index (κ3) is 1.85. The summed E-state index contributed by atoms with van der Waals surface area (Å²) in [5.74, 6) is 2.06. The van der Waals surface area contributed by atoms with Crippen LogP contribution in [0.4, 0.5) is 0 Å². The van der Waals surface area contributed by atoms with E-state index in [4.69, 9.17) is 4.42 Å². The van der Waals surface area contributed by atoms with Gasteiger partial charge in [-0.2, -0.15) is 0 Å². The van der Waals surface area contributed by atoms with Gasteiger partial charge in [-0.1, -0.05) is 6.92 Å². The van der Waals surface area contributed by atoms with Crippen LogP contribution in [-0.2, 0) is 6.54 Å². The minimum Gasteiger partial charge on any atom is -0.465 e. The molecule has 0 spiro atoms. The molecule has 0 radical (unpaired) electrons. The lowest BCUT2D eigenvalue weighted by molar-refractivity contribution is 0.171. The molecule has 14 heavy (non-hydrogen) atoms. The Kier molecular flexibility index (Phi) is 2.64. The zero-order chi connectivity index (χ0) is 10.0. The molecule has 2 rings (SSSR count). The second-order valence-electron chi connectivity index (χ2n) is 4.35. The molecule has 1 saturated carbocycles. The molecule has 0 atom stereocenters. The Labute approximate surface area is 85.7 Å². The smallest absolute Gasteiger partial charge is 0.117 e.